The molecule has 0 saturated carbocycles. The molecule has 0 radical (unpaired) electrons. The maximum atomic E-state index is 12.6. The van der Waals surface area contributed by atoms with Gasteiger partial charge in [-0.15, -0.1) is 0 Å². The van der Waals surface area contributed by atoms with E-state index in [2.05, 4.69) is 20.9 Å². The molecule has 2 aromatic rings. The van der Waals surface area contributed by atoms with E-state index in [0.717, 1.165) is 14.6 Å². The zero-order valence-electron chi connectivity index (χ0n) is 14.6. The summed E-state index contributed by atoms with van der Waals surface area (Å²) in [5.74, 6) is -0.590. The Labute approximate surface area is 158 Å². The number of H-pyrrole nitrogens is 1. The number of anilines is 1. The van der Waals surface area contributed by atoms with Gasteiger partial charge in [-0.3, -0.25) is 24.0 Å². The van der Waals surface area contributed by atoms with Gasteiger partial charge in [-0.2, -0.15) is 0 Å². The van der Waals surface area contributed by atoms with Crippen LogP contribution in [0.5, 0.6) is 0 Å². The molecule has 2 rings (SSSR count). The van der Waals surface area contributed by atoms with Gasteiger partial charge in [-0.25, -0.2) is 4.79 Å². The molecule has 0 fully saturated rings. The highest BCUT2D eigenvalue weighted by atomic mass is 79.9. The fraction of sp³-hybridized carbons (Fsp3) is 0.353. The molecule has 1 heterocycles. The Morgan fingerprint density at radius 3 is 2.58 bits per heavy atom. The van der Waals surface area contributed by atoms with Crippen molar-refractivity contribution in [3.05, 3.63) is 60.7 Å². The first kappa shape index (κ1) is 20.1. The molecule has 9 heteroatoms. The maximum Gasteiger partial charge on any atom is 0.330 e. The van der Waals surface area contributed by atoms with Gasteiger partial charge in [-0.05, 0) is 24.7 Å². The standard InChI is InChI=1S/C17H21BrN4O4/c1-21(9-11-3-5-12(18)6-4-11)10-13(23)14-15(19)22(7-8-26-2)17(25)20-16(14)24/h3-6H,7-10,19H2,1-2H3,(H,20,24,25). The summed E-state index contributed by atoms with van der Waals surface area (Å²) in [6.07, 6.45) is 0. The third kappa shape index (κ3) is 4.90. The van der Waals surface area contributed by atoms with Crippen LogP contribution in [0.2, 0.25) is 0 Å². The predicted molar refractivity (Wildman–Crippen MR) is 102 cm³/mol. The highest BCUT2D eigenvalue weighted by Gasteiger charge is 2.20. The number of hydrogen-bond donors (Lipinski definition) is 2. The number of ketones is 1. The van der Waals surface area contributed by atoms with E-state index in [0.29, 0.717) is 6.54 Å². The van der Waals surface area contributed by atoms with Crippen LogP contribution in [0.15, 0.2) is 38.3 Å². The van der Waals surface area contributed by atoms with Crippen molar-refractivity contribution in [1.29, 1.82) is 0 Å². The highest BCUT2D eigenvalue weighted by molar-refractivity contribution is 9.10. The first-order valence-corrected chi connectivity index (χ1v) is 8.70. The fourth-order valence-corrected chi connectivity index (χ4v) is 2.81. The first-order valence-electron chi connectivity index (χ1n) is 7.91. The van der Waals surface area contributed by atoms with Crippen molar-refractivity contribution in [2.24, 2.45) is 0 Å². The largest absolute Gasteiger partial charge is 0.384 e. The second kappa shape index (κ2) is 8.93. The molecular formula is C17H21BrN4O4. The van der Waals surface area contributed by atoms with Crippen molar-refractivity contribution in [1.82, 2.24) is 14.5 Å². The van der Waals surface area contributed by atoms with Crippen molar-refractivity contribution >= 4 is 27.5 Å². The van der Waals surface area contributed by atoms with E-state index < -0.39 is 17.0 Å². The number of nitrogen functional groups attached to an aromatic ring is 1. The van der Waals surface area contributed by atoms with Gasteiger partial charge in [0.1, 0.15) is 11.4 Å². The van der Waals surface area contributed by atoms with E-state index in [-0.39, 0.29) is 31.1 Å². The van der Waals surface area contributed by atoms with Crippen LogP contribution in [-0.2, 0) is 17.8 Å². The molecule has 26 heavy (non-hydrogen) atoms. The van der Waals surface area contributed by atoms with Gasteiger partial charge in [0.05, 0.1) is 19.7 Å². The van der Waals surface area contributed by atoms with Crippen molar-refractivity contribution in [2.75, 3.05) is 33.0 Å². The van der Waals surface area contributed by atoms with E-state index in [4.69, 9.17) is 10.5 Å². The summed E-state index contributed by atoms with van der Waals surface area (Å²) in [6.45, 7) is 0.895. The number of hydrogen-bond acceptors (Lipinski definition) is 6. The third-order valence-electron chi connectivity index (χ3n) is 3.82. The summed E-state index contributed by atoms with van der Waals surface area (Å²) in [5, 5.41) is 0. The Kier molecular flexibility index (Phi) is 6.90. The molecule has 0 amide bonds. The fourth-order valence-electron chi connectivity index (χ4n) is 2.54. The molecule has 0 aliphatic rings. The van der Waals surface area contributed by atoms with Crippen molar-refractivity contribution in [3.8, 4) is 0 Å². The van der Waals surface area contributed by atoms with Gasteiger partial charge >= 0.3 is 5.69 Å². The number of rotatable bonds is 8. The van der Waals surface area contributed by atoms with E-state index >= 15 is 0 Å². The number of nitrogens with two attached hydrogens (primary N) is 1. The Morgan fingerprint density at radius 1 is 1.31 bits per heavy atom. The van der Waals surface area contributed by atoms with Gasteiger partial charge in [-0.1, -0.05) is 28.1 Å². The topological polar surface area (TPSA) is 110 Å². The predicted octanol–water partition coefficient (Wildman–Crippen LogP) is 0.842. The summed E-state index contributed by atoms with van der Waals surface area (Å²) in [5.41, 5.74) is 5.30. The van der Waals surface area contributed by atoms with E-state index in [1.54, 1.807) is 11.9 Å². The lowest BCUT2D eigenvalue weighted by Gasteiger charge is -2.17. The average Bonchev–Trinajstić information content (AvgIpc) is 2.56. The molecule has 8 nitrogen and oxygen atoms in total. The summed E-state index contributed by atoms with van der Waals surface area (Å²) in [4.78, 5) is 40.5. The number of halogens is 1. The minimum Gasteiger partial charge on any atom is -0.384 e. The first-order chi connectivity index (χ1) is 12.3. The molecule has 0 aliphatic heterocycles. The quantitative estimate of drug-likeness (QED) is 0.607. The number of aromatic amines is 1. The third-order valence-corrected chi connectivity index (χ3v) is 4.35. The molecule has 140 valence electrons. The van der Waals surface area contributed by atoms with Crippen LogP contribution in [0.25, 0.3) is 0 Å². The average molecular weight is 425 g/mol. The Morgan fingerprint density at radius 2 is 1.96 bits per heavy atom. The number of Topliss-reactive ketones (excluding diaryl/α,β-unsaturated/α-hetero) is 1. The van der Waals surface area contributed by atoms with Crippen LogP contribution in [0, 0.1) is 0 Å². The highest BCUT2D eigenvalue weighted by Crippen LogP contribution is 2.12. The molecular weight excluding hydrogens is 404 g/mol. The summed E-state index contributed by atoms with van der Waals surface area (Å²) in [6, 6.07) is 7.72. The van der Waals surface area contributed by atoms with Gasteiger partial charge in [0.25, 0.3) is 5.56 Å². The van der Waals surface area contributed by atoms with E-state index in [1.165, 1.54) is 7.11 Å². The minimum absolute atomic E-state index is 0.00811. The number of nitrogens with zero attached hydrogens (tertiary/aromatic N) is 2. The normalized spacial score (nSPS) is 11.1. The van der Waals surface area contributed by atoms with Gasteiger partial charge < -0.3 is 10.5 Å². The van der Waals surface area contributed by atoms with Crippen LogP contribution in [0.1, 0.15) is 15.9 Å². The maximum absolute atomic E-state index is 12.6. The number of carbonyl (C=O) groups excluding carboxylic acids is 1. The van der Waals surface area contributed by atoms with Gasteiger partial charge in [0, 0.05) is 18.1 Å². The molecule has 3 N–H and O–H groups in total. The number of nitrogens with one attached hydrogen (secondary N) is 1. The minimum atomic E-state index is -0.775. The van der Waals surface area contributed by atoms with Crippen molar-refractivity contribution in [3.63, 3.8) is 0 Å². The van der Waals surface area contributed by atoms with Crippen LogP contribution in [0.3, 0.4) is 0 Å². The molecule has 1 aromatic carbocycles. The van der Waals surface area contributed by atoms with Crippen LogP contribution >= 0.6 is 15.9 Å². The van der Waals surface area contributed by atoms with E-state index in [9.17, 15) is 14.4 Å². The molecule has 0 atom stereocenters. The molecule has 0 aliphatic carbocycles. The van der Waals surface area contributed by atoms with Crippen LogP contribution in [0.4, 0.5) is 5.82 Å². The summed E-state index contributed by atoms with van der Waals surface area (Å²) >= 11 is 3.37. The second-order valence-electron chi connectivity index (χ2n) is 5.89. The van der Waals surface area contributed by atoms with Crippen LogP contribution in [-0.4, -0.2) is 47.5 Å². The monoisotopic (exact) mass is 424 g/mol. The zero-order chi connectivity index (χ0) is 19.3. The number of aromatic nitrogens is 2. The Hall–Kier alpha value is -2.23. The molecule has 0 unspecified atom stereocenters. The second-order valence-corrected chi connectivity index (χ2v) is 6.80. The lowest BCUT2D eigenvalue weighted by atomic mass is 10.1. The van der Waals surface area contributed by atoms with Gasteiger partial charge in [0.15, 0.2) is 5.78 Å². The SMILES string of the molecule is COCCn1c(N)c(C(=O)CN(C)Cc2ccc(Br)cc2)c(=O)[nH]c1=O. The molecule has 0 bridgehead atoms. The number of ether oxygens (including phenoxy) is 1. The number of likely N-dealkylation sites (N-methyl/N-ethyl adjacent to an activating group) is 1. The van der Waals surface area contributed by atoms with E-state index in [1.807, 2.05) is 24.3 Å². The molecule has 0 spiro atoms. The smallest absolute Gasteiger partial charge is 0.330 e. The number of methoxy groups -OCH3 is 1. The number of carbonyl (C=O) groups is 1. The zero-order valence-corrected chi connectivity index (χ0v) is 16.2. The van der Waals surface area contributed by atoms with Crippen molar-refractivity contribution < 1.29 is 9.53 Å². The lowest BCUT2D eigenvalue weighted by Crippen LogP contribution is -2.39. The summed E-state index contributed by atoms with van der Waals surface area (Å²) < 4.78 is 7.02. The van der Waals surface area contributed by atoms with Crippen molar-refractivity contribution in [2.45, 2.75) is 13.1 Å². The van der Waals surface area contributed by atoms with Crippen LogP contribution < -0.4 is 17.0 Å². The summed E-state index contributed by atoms with van der Waals surface area (Å²) in [7, 11) is 3.25. The van der Waals surface area contributed by atoms with Gasteiger partial charge in [0.2, 0.25) is 0 Å². The number of benzene rings is 1. The molecule has 1 aromatic heterocycles. The Bertz CT molecular complexity index is 889. The Balaban J connectivity index is 2.19. The molecule has 0 saturated heterocycles. The lowest BCUT2D eigenvalue weighted by molar-refractivity contribution is 0.0941.